The summed E-state index contributed by atoms with van der Waals surface area (Å²) in [5, 5.41) is 15.9. The third kappa shape index (κ3) is 7.01. The van der Waals surface area contributed by atoms with Gasteiger partial charge in [-0.1, -0.05) is 0 Å². The molecule has 0 unspecified atom stereocenters. The molecule has 2 aromatic carbocycles. The van der Waals surface area contributed by atoms with E-state index in [4.69, 9.17) is 0 Å². The molecule has 1 saturated heterocycles. The van der Waals surface area contributed by atoms with Crippen LogP contribution in [0.2, 0.25) is 0 Å². The van der Waals surface area contributed by atoms with Crippen LogP contribution >= 0.6 is 0 Å². The molecule has 0 aliphatic carbocycles. The van der Waals surface area contributed by atoms with Crippen LogP contribution in [0.15, 0.2) is 59.6 Å². The molecular formula is C26H32F2N6O3S. The summed E-state index contributed by atoms with van der Waals surface area (Å²) in [6, 6.07) is 11.2. The lowest BCUT2D eigenvalue weighted by atomic mass is 10.0. The van der Waals surface area contributed by atoms with Gasteiger partial charge in [-0.05, 0) is 82.2 Å². The number of piperidine rings is 1. The molecule has 0 spiro atoms. The summed E-state index contributed by atoms with van der Waals surface area (Å²) < 4.78 is 54.6. The van der Waals surface area contributed by atoms with E-state index >= 15 is 0 Å². The summed E-state index contributed by atoms with van der Waals surface area (Å²) in [6.07, 6.45) is 2.88. The van der Waals surface area contributed by atoms with Crippen LogP contribution in [0.25, 0.3) is 0 Å². The number of benzene rings is 2. The Balaban J connectivity index is 1.38. The van der Waals surface area contributed by atoms with Crippen molar-refractivity contribution in [1.29, 1.82) is 0 Å². The zero-order valence-electron chi connectivity index (χ0n) is 21.5. The number of β-amino-alcohol motifs (C(OH)–C–C–N with tert-alkyl or cyclic N) is 1. The Morgan fingerprint density at radius 1 is 1.03 bits per heavy atom. The first-order chi connectivity index (χ1) is 17.9. The van der Waals surface area contributed by atoms with Gasteiger partial charge in [0.2, 0.25) is 16.0 Å². The van der Waals surface area contributed by atoms with E-state index in [9.17, 15) is 22.3 Å². The Bertz CT molecular complexity index is 1360. The topological polar surface area (TPSA) is 111 Å². The van der Waals surface area contributed by atoms with Crippen molar-refractivity contribution >= 4 is 33.2 Å². The van der Waals surface area contributed by atoms with Crippen molar-refractivity contribution in [2.24, 2.45) is 0 Å². The predicted octanol–water partition coefficient (Wildman–Crippen LogP) is 4.10. The van der Waals surface area contributed by atoms with Gasteiger partial charge in [0.15, 0.2) is 11.6 Å². The Kier molecular flexibility index (Phi) is 8.26. The zero-order valence-corrected chi connectivity index (χ0v) is 22.3. The minimum absolute atomic E-state index is 0.117. The standard InChI is InChI=1S/C26H32F2N6O3S/c1-26(2,35)17-34-14-11-20(12-15-34)33(3)38(36,37)21-7-4-18(5-8-21)31-25-29-13-10-24(32-25)30-19-6-9-22(27)23(28)16-19/h4-10,13,16,20,35H,11-12,14-15,17H2,1-3H3,(H2,29,30,31,32). The number of hydrogen-bond donors (Lipinski definition) is 3. The van der Waals surface area contributed by atoms with Crippen LogP contribution < -0.4 is 10.6 Å². The molecular weight excluding hydrogens is 514 g/mol. The molecule has 0 bridgehead atoms. The fourth-order valence-electron chi connectivity index (χ4n) is 4.40. The molecule has 1 fully saturated rings. The summed E-state index contributed by atoms with van der Waals surface area (Å²) in [5.41, 5.74) is 0.123. The predicted molar refractivity (Wildman–Crippen MR) is 142 cm³/mol. The summed E-state index contributed by atoms with van der Waals surface area (Å²) in [7, 11) is -2.08. The molecule has 0 amide bonds. The van der Waals surface area contributed by atoms with E-state index < -0.39 is 27.3 Å². The first-order valence-corrected chi connectivity index (χ1v) is 13.7. The highest BCUT2D eigenvalue weighted by atomic mass is 32.2. The molecule has 1 aromatic heterocycles. The van der Waals surface area contributed by atoms with Crippen molar-refractivity contribution < 1.29 is 22.3 Å². The SMILES string of the molecule is CN(C1CCN(CC(C)(C)O)CC1)S(=O)(=O)c1ccc(Nc2nccc(Nc3ccc(F)c(F)c3)n2)cc1. The number of aromatic nitrogens is 2. The van der Waals surface area contributed by atoms with Gasteiger partial charge in [-0.3, -0.25) is 0 Å². The maximum Gasteiger partial charge on any atom is 0.243 e. The van der Waals surface area contributed by atoms with E-state index in [1.54, 1.807) is 39.1 Å². The third-order valence-electron chi connectivity index (χ3n) is 6.32. The second-order valence-corrected chi connectivity index (χ2v) is 12.0. The van der Waals surface area contributed by atoms with Gasteiger partial charge in [0.1, 0.15) is 5.82 Å². The van der Waals surface area contributed by atoms with Crippen LogP contribution in [0, 0.1) is 11.6 Å². The lowest BCUT2D eigenvalue weighted by Gasteiger charge is -2.38. The van der Waals surface area contributed by atoms with Crippen LogP contribution in [0.4, 0.5) is 31.9 Å². The lowest BCUT2D eigenvalue weighted by Crippen LogP contribution is -2.48. The molecule has 9 nitrogen and oxygen atoms in total. The highest BCUT2D eigenvalue weighted by molar-refractivity contribution is 7.89. The number of hydrogen-bond acceptors (Lipinski definition) is 8. The fraction of sp³-hybridized carbons (Fsp3) is 0.385. The van der Waals surface area contributed by atoms with Crippen molar-refractivity contribution in [3.63, 3.8) is 0 Å². The first kappa shape index (κ1) is 27.8. The molecule has 38 heavy (non-hydrogen) atoms. The van der Waals surface area contributed by atoms with E-state index in [1.165, 1.54) is 28.7 Å². The number of aliphatic hydroxyl groups is 1. The highest BCUT2D eigenvalue weighted by Crippen LogP contribution is 2.25. The Hall–Kier alpha value is -3.19. The van der Waals surface area contributed by atoms with Crippen molar-refractivity contribution in [2.75, 3.05) is 37.3 Å². The van der Waals surface area contributed by atoms with Gasteiger partial charge in [-0.15, -0.1) is 0 Å². The van der Waals surface area contributed by atoms with Crippen LogP contribution in [-0.2, 0) is 10.0 Å². The number of nitrogens with one attached hydrogen (secondary N) is 2. The number of halogens is 2. The summed E-state index contributed by atoms with van der Waals surface area (Å²) in [4.78, 5) is 10.8. The molecule has 0 saturated carbocycles. The van der Waals surface area contributed by atoms with Crippen molar-refractivity contribution in [2.45, 2.75) is 43.2 Å². The lowest BCUT2D eigenvalue weighted by molar-refractivity contribution is 0.0240. The quantitative estimate of drug-likeness (QED) is 0.368. The number of rotatable bonds is 9. The largest absolute Gasteiger partial charge is 0.389 e. The summed E-state index contributed by atoms with van der Waals surface area (Å²) >= 11 is 0. The van der Waals surface area contributed by atoms with Gasteiger partial charge in [0.25, 0.3) is 0 Å². The molecule has 2 heterocycles. The van der Waals surface area contributed by atoms with Gasteiger partial charge in [0, 0.05) is 43.3 Å². The number of anilines is 4. The molecule has 3 N–H and O–H groups in total. The van der Waals surface area contributed by atoms with Crippen molar-refractivity contribution in [1.82, 2.24) is 19.2 Å². The first-order valence-electron chi connectivity index (χ1n) is 12.3. The number of nitrogens with zero attached hydrogens (tertiary/aromatic N) is 4. The number of likely N-dealkylation sites (tertiary alicyclic amines) is 1. The molecule has 0 radical (unpaired) electrons. The summed E-state index contributed by atoms with van der Waals surface area (Å²) in [6.45, 7) is 5.54. The Morgan fingerprint density at radius 2 is 1.68 bits per heavy atom. The van der Waals surface area contributed by atoms with Crippen LogP contribution in [0.3, 0.4) is 0 Å². The van der Waals surface area contributed by atoms with E-state index in [2.05, 4.69) is 25.5 Å². The van der Waals surface area contributed by atoms with E-state index in [0.717, 1.165) is 25.2 Å². The summed E-state index contributed by atoms with van der Waals surface area (Å²) in [5.74, 6) is -1.31. The van der Waals surface area contributed by atoms with E-state index in [-0.39, 0.29) is 16.9 Å². The van der Waals surface area contributed by atoms with Gasteiger partial charge in [-0.2, -0.15) is 9.29 Å². The third-order valence-corrected chi connectivity index (χ3v) is 8.24. The van der Waals surface area contributed by atoms with Gasteiger partial charge < -0.3 is 20.6 Å². The molecule has 12 heteroatoms. The van der Waals surface area contributed by atoms with Crippen LogP contribution in [0.1, 0.15) is 26.7 Å². The molecule has 1 aliphatic rings. The van der Waals surface area contributed by atoms with Crippen LogP contribution in [0.5, 0.6) is 0 Å². The van der Waals surface area contributed by atoms with Gasteiger partial charge >= 0.3 is 0 Å². The van der Waals surface area contributed by atoms with Crippen molar-refractivity contribution in [3.05, 3.63) is 66.4 Å². The zero-order chi connectivity index (χ0) is 27.5. The monoisotopic (exact) mass is 546 g/mol. The smallest absolute Gasteiger partial charge is 0.243 e. The normalized spacial score (nSPS) is 15.6. The molecule has 204 valence electrons. The average Bonchev–Trinajstić information content (AvgIpc) is 2.86. The van der Waals surface area contributed by atoms with E-state index in [1.807, 2.05) is 0 Å². The van der Waals surface area contributed by atoms with Gasteiger partial charge in [0.05, 0.1) is 10.5 Å². The molecule has 3 aromatic rings. The molecule has 0 atom stereocenters. The molecule has 4 rings (SSSR count). The maximum atomic E-state index is 13.5. The van der Waals surface area contributed by atoms with Crippen molar-refractivity contribution in [3.8, 4) is 0 Å². The average molecular weight is 547 g/mol. The Labute approximate surface area is 221 Å². The minimum atomic E-state index is -3.69. The minimum Gasteiger partial charge on any atom is -0.389 e. The van der Waals surface area contributed by atoms with E-state index in [0.29, 0.717) is 36.6 Å². The fourth-order valence-corrected chi connectivity index (χ4v) is 5.82. The maximum absolute atomic E-state index is 13.5. The second kappa shape index (κ2) is 11.3. The molecule has 1 aliphatic heterocycles. The van der Waals surface area contributed by atoms with Gasteiger partial charge in [-0.25, -0.2) is 22.2 Å². The highest BCUT2D eigenvalue weighted by Gasteiger charge is 2.32. The Morgan fingerprint density at radius 3 is 2.32 bits per heavy atom. The number of sulfonamides is 1. The second-order valence-electron chi connectivity index (χ2n) is 10.0. The van der Waals surface area contributed by atoms with Crippen LogP contribution in [-0.4, -0.2) is 71.0 Å².